The maximum Gasteiger partial charge on any atom is 0.264 e. The third kappa shape index (κ3) is 4.61. The van der Waals surface area contributed by atoms with Crippen LogP contribution < -0.4 is 0 Å². The zero-order chi connectivity index (χ0) is 13.9. The van der Waals surface area contributed by atoms with Crippen LogP contribution in [0.1, 0.15) is 13.8 Å². The molecule has 1 aliphatic heterocycles. The maximum absolute atomic E-state index is 11.3. The molecule has 0 radical (unpaired) electrons. The van der Waals surface area contributed by atoms with Crippen molar-refractivity contribution in [3.8, 4) is 0 Å². The zero-order valence-corrected chi connectivity index (χ0v) is 11.6. The average molecular weight is 278 g/mol. The molecule has 18 heavy (non-hydrogen) atoms. The van der Waals surface area contributed by atoms with Crippen LogP contribution in [0, 0.1) is 5.92 Å². The summed E-state index contributed by atoms with van der Waals surface area (Å²) in [5.41, 5.74) is 0. The molecule has 0 aromatic heterocycles. The Morgan fingerprint density at radius 2 is 1.61 bits per heavy atom. The van der Waals surface area contributed by atoms with Gasteiger partial charge in [-0.25, -0.2) is 0 Å². The van der Waals surface area contributed by atoms with Crippen molar-refractivity contribution >= 4 is 21.9 Å². The molecule has 0 N–H and O–H groups in total. The summed E-state index contributed by atoms with van der Waals surface area (Å²) in [6.07, 6.45) is 0.974. The SMILES string of the molecule is CC(=O)N1CC(COS(C)(=O)=O)CN(C(C)=O)C1. The van der Waals surface area contributed by atoms with E-state index in [2.05, 4.69) is 0 Å². The van der Waals surface area contributed by atoms with E-state index in [4.69, 9.17) is 4.18 Å². The molecule has 1 heterocycles. The summed E-state index contributed by atoms with van der Waals surface area (Å²) in [6.45, 7) is 3.85. The minimum atomic E-state index is -3.51. The summed E-state index contributed by atoms with van der Waals surface area (Å²) in [6, 6.07) is 0. The quantitative estimate of drug-likeness (QED) is 0.634. The lowest BCUT2D eigenvalue weighted by Gasteiger charge is -2.39. The number of rotatable bonds is 3. The molecule has 104 valence electrons. The van der Waals surface area contributed by atoms with Gasteiger partial charge in [-0.15, -0.1) is 0 Å². The molecule has 7 nitrogen and oxygen atoms in total. The van der Waals surface area contributed by atoms with E-state index in [9.17, 15) is 18.0 Å². The highest BCUT2D eigenvalue weighted by Gasteiger charge is 2.29. The second-order valence-electron chi connectivity index (χ2n) is 4.48. The summed E-state index contributed by atoms with van der Waals surface area (Å²) in [4.78, 5) is 25.7. The Morgan fingerprint density at radius 1 is 1.17 bits per heavy atom. The Morgan fingerprint density at radius 3 is 1.94 bits per heavy atom. The first-order chi connectivity index (χ1) is 8.19. The Bertz CT molecular complexity index is 412. The fourth-order valence-electron chi connectivity index (χ4n) is 1.78. The van der Waals surface area contributed by atoms with Crippen LogP contribution >= 0.6 is 0 Å². The van der Waals surface area contributed by atoms with Gasteiger partial charge in [0.25, 0.3) is 10.1 Å². The van der Waals surface area contributed by atoms with Crippen molar-refractivity contribution in [2.24, 2.45) is 5.92 Å². The molecular formula is C10H18N2O5S. The molecular weight excluding hydrogens is 260 g/mol. The first-order valence-electron chi connectivity index (χ1n) is 5.54. The van der Waals surface area contributed by atoms with E-state index in [-0.39, 0.29) is 31.0 Å². The summed E-state index contributed by atoms with van der Waals surface area (Å²) >= 11 is 0. The second-order valence-corrected chi connectivity index (χ2v) is 6.12. The van der Waals surface area contributed by atoms with Gasteiger partial charge in [-0.05, 0) is 0 Å². The summed E-state index contributed by atoms with van der Waals surface area (Å²) < 4.78 is 26.6. The molecule has 0 spiro atoms. The van der Waals surface area contributed by atoms with Crippen LogP contribution in [0.2, 0.25) is 0 Å². The molecule has 0 aromatic carbocycles. The molecule has 0 aliphatic carbocycles. The van der Waals surface area contributed by atoms with Gasteiger partial charge in [-0.1, -0.05) is 0 Å². The minimum absolute atomic E-state index is 0.0214. The summed E-state index contributed by atoms with van der Waals surface area (Å²) in [5.74, 6) is -0.489. The van der Waals surface area contributed by atoms with Crippen LogP contribution in [0.4, 0.5) is 0 Å². The number of carbonyl (C=O) groups excluding carboxylic acids is 2. The van der Waals surface area contributed by atoms with Gasteiger partial charge in [-0.3, -0.25) is 13.8 Å². The van der Waals surface area contributed by atoms with E-state index in [0.29, 0.717) is 13.1 Å². The van der Waals surface area contributed by atoms with Crippen LogP contribution in [0.15, 0.2) is 0 Å². The van der Waals surface area contributed by atoms with E-state index < -0.39 is 10.1 Å². The van der Waals surface area contributed by atoms with Crippen molar-refractivity contribution < 1.29 is 22.2 Å². The molecule has 1 rings (SSSR count). The monoisotopic (exact) mass is 278 g/mol. The Labute approximate surface area is 107 Å². The van der Waals surface area contributed by atoms with Crippen LogP contribution in [0.5, 0.6) is 0 Å². The highest BCUT2D eigenvalue weighted by atomic mass is 32.2. The van der Waals surface area contributed by atoms with Gasteiger partial charge in [-0.2, -0.15) is 8.42 Å². The largest absolute Gasteiger partial charge is 0.325 e. The third-order valence-corrected chi connectivity index (χ3v) is 3.27. The smallest absolute Gasteiger partial charge is 0.264 e. The topological polar surface area (TPSA) is 84.0 Å². The molecule has 8 heteroatoms. The lowest BCUT2D eigenvalue weighted by Crippen LogP contribution is -2.53. The van der Waals surface area contributed by atoms with E-state index in [1.807, 2.05) is 0 Å². The van der Waals surface area contributed by atoms with Crippen molar-refractivity contribution in [3.05, 3.63) is 0 Å². The van der Waals surface area contributed by atoms with Gasteiger partial charge in [0.2, 0.25) is 11.8 Å². The van der Waals surface area contributed by atoms with Gasteiger partial charge >= 0.3 is 0 Å². The summed E-state index contributed by atoms with van der Waals surface area (Å²) in [5, 5.41) is 0. The number of amides is 2. The number of hydrogen-bond donors (Lipinski definition) is 0. The lowest BCUT2D eigenvalue weighted by molar-refractivity contribution is -0.142. The van der Waals surface area contributed by atoms with Gasteiger partial charge in [0.05, 0.1) is 19.5 Å². The highest BCUT2D eigenvalue weighted by molar-refractivity contribution is 7.85. The first-order valence-corrected chi connectivity index (χ1v) is 7.36. The molecule has 1 aliphatic rings. The molecule has 0 saturated carbocycles. The fraction of sp³-hybridized carbons (Fsp3) is 0.800. The Hall–Kier alpha value is -1.15. The predicted molar refractivity (Wildman–Crippen MR) is 63.9 cm³/mol. The van der Waals surface area contributed by atoms with E-state index in [0.717, 1.165) is 6.26 Å². The van der Waals surface area contributed by atoms with Crippen LogP contribution in [-0.2, 0) is 23.9 Å². The van der Waals surface area contributed by atoms with Crippen molar-refractivity contribution in [1.82, 2.24) is 9.80 Å². The standard InChI is InChI=1S/C10H18N2O5S/c1-8(13)11-4-10(6-17-18(3,15)16)5-12(7-11)9(2)14/h10H,4-7H2,1-3H3. The van der Waals surface area contributed by atoms with E-state index in [1.54, 1.807) is 0 Å². The molecule has 0 aromatic rings. The Balaban J connectivity index is 2.67. The molecule has 0 bridgehead atoms. The molecule has 0 atom stereocenters. The van der Waals surface area contributed by atoms with Gasteiger partial charge in [0.1, 0.15) is 0 Å². The predicted octanol–water partition coefficient (Wildman–Crippen LogP) is -0.753. The van der Waals surface area contributed by atoms with Crippen molar-refractivity contribution in [3.63, 3.8) is 0 Å². The number of nitrogens with zero attached hydrogens (tertiary/aromatic N) is 2. The van der Waals surface area contributed by atoms with Crippen LogP contribution in [-0.4, -0.2) is 62.7 Å². The zero-order valence-electron chi connectivity index (χ0n) is 10.7. The highest BCUT2D eigenvalue weighted by Crippen LogP contribution is 2.14. The first kappa shape index (κ1) is 14.9. The average Bonchev–Trinajstić information content (AvgIpc) is 2.25. The molecule has 1 fully saturated rings. The lowest BCUT2D eigenvalue weighted by atomic mass is 10.1. The fourth-order valence-corrected chi connectivity index (χ4v) is 2.22. The van der Waals surface area contributed by atoms with Gasteiger partial charge < -0.3 is 9.80 Å². The second kappa shape index (κ2) is 5.66. The van der Waals surface area contributed by atoms with Crippen LogP contribution in [0.25, 0.3) is 0 Å². The van der Waals surface area contributed by atoms with Gasteiger partial charge in [0.15, 0.2) is 0 Å². The minimum Gasteiger partial charge on any atom is -0.325 e. The molecule has 1 saturated heterocycles. The number of hydrogen-bond acceptors (Lipinski definition) is 5. The van der Waals surface area contributed by atoms with Crippen LogP contribution in [0.3, 0.4) is 0 Å². The molecule has 2 amide bonds. The summed E-state index contributed by atoms with van der Waals surface area (Å²) in [7, 11) is -3.51. The number of carbonyl (C=O) groups is 2. The maximum atomic E-state index is 11.3. The van der Waals surface area contributed by atoms with Crippen molar-refractivity contribution in [2.45, 2.75) is 13.8 Å². The van der Waals surface area contributed by atoms with Crippen molar-refractivity contribution in [2.75, 3.05) is 32.6 Å². The van der Waals surface area contributed by atoms with E-state index >= 15 is 0 Å². The third-order valence-electron chi connectivity index (χ3n) is 2.71. The van der Waals surface area contributed by atoms with Crippen molar-refractivity contribution in [1.29, 1.82) is 0 Å². The Kier molecular flexibility index (Phi) is 4.69. The van der Waals surface area contributed by atoms with E-state index in [1.165, 1.54) is 23.6 Å². The normalized spacial score (nSPS) is 17.9. The van der Waals surface area contributed by atoms with Gasteiger partial charge in [0, 0.05) is 32.9 Å². The molecule has 0 unspecified atom stereocenters.